The maximum atomic E-state index is 13.4. The Bertz CT molecular complexity index is 336. The lowest BCUT2D eigenvalue weighted by Gasteiger charge is -2.09. The SMILES string of the molecule is C=CCCOc1ccc([C@@H](C)N)c(F)c1. The molecule has 0 amide bonds. The van der Waals surface area contributed by atoms with Crippen molar-refractivity contribution in [2.75, 3.05) is 6.61 Å². The summed E-state index contributed by atoms with van der Waals surface area (Å²) < 4.78 is 18.7. The molecule has 0 fully saturated rings. The van der Waals surface area contributed by atoms with Crippen molar-refractivity contribution in [2.45, 2.75) is 19.4 Å². The summed E-state index contributed by atoms with van der Waals surface area (Å²) in [5.74, 6) is 0.208. The summed E-state index contributed by atoms with van der Waals surface area (Å²) in [4.78, 5) is 0. The summed E-state index contributed by atoms with van der Waals surface area (Å²) in [6.45, 7) is 5.84. The van der Waals surface area contributed by atoms with E-state index in [0.717, 1.165) is 6.42 Å². The highest BCUT2D eigenvalue weighted by Gasteiger charge is 2.07. The fourth-order valence-corrected chi connectivity index (χ4v) is 1.23. The van der Waals surface area contributed by atoms with E-state index in [-0.39, 0.29) is 11.9 Å². The summed E-state index contributed by atoms with van der Waals surface area (Å²) in [5, 5.41) is 0. The fraction of sp³-hybridized carbons (Fsp3) is 0.333. The maximum absolute atomic E-state index is 13.4. The normalized spacial score (nSPS) is 12.2. The van der Waals surface area contributed by atoms with Crippen molar-refractivity contribution >= 4 is 0 Å². The van der Waals surface area contributed by atoms with Gasteiger partial charge in [0.25, 0.3) is 0 Å². The molecule has 0 saturated heterocycles. The lowest BCUT2D eigenvalue weighted by Crippen LogP contribution is -2.07. The minimum absolute atomic E-state index is 0.299. The highest BCUT2D eigenvalue weighted by Crippen LogP contribution is 2.20. The molecule has 0 aliphatic heterocycles. The smallest absolute Gasteiger partial charge is 0.131 e. The number of benzene rings is 1. The van der Waals surface area contributed by atoms with Crippen molar-refractivity contribution in [3.8, 4) is 5.75 Å². The van der Waals surface area contributed by atoms with Gasteiger partial charge >= 0.3 is 0 Å². The number of rotatable bonds is 5. The van der Waals surface area contributed by atoms with Crippen LogP contribution >= 0.6 is 0 Å². The van der Waals surface area contributed by atoms with Crippen LogP contribution in [0.2, 0.25) is 0 Å². The quantitative estimate of drug-likeness (QED) is 0.597. The summed E-state index contributed by atoms with van der Waals surface area (Å²) in [6.07, 6.45) is 2.50. The minimum atomic E-state index is -0.318. The van der Waals surface area contributed by atoms with E-state index < -0.39 is 0 Å². The van der Waals surface area contributed by atoms with E-state index in [1.165, 1.54) is 6.07 Å². The standard InChI is InChI=1S/C12H16FNO/c1-3-4-7-15-10-5-6-11(9(2)14)12(13)8-10/h3,5-6,8-9H,1,4,7,14H2,2H3/t9-/m1/s1. The van der Waals surface area contributed by atoms with Crippen molar-refractivity contribution in [3.05, 3.63) is 42.2 Å². The molecule has 0 aromatic heterocycles. The van der Waals surface area contributed by atoms with Crippen molar-refractivity contribution in [1.82, 2.24) is 0 Å². The highest BCUT2D eigenvalue weighted by atomic mass is 19.1. The second-order valence-corrected chi connectivity index (χ2v) is 3.40. The molecular formula is C12H16FNO. The lowest BCUT2D eigenvalue weighted by atomic mass is 10.1. The molecule has 82 valence electrons. The van der Waals surface area contributed by atoms with Crippen molar-refractivity contribution in [2.24, 2.45) is 5.73 Å². The minimum Gasteiger partial charge on any atom is -0.493 e. The number of hydrogen-bond donors (Lipinski definition) is 1. The van der Waals surface area contributed by atoms with Crippen LogP contribution in [0.4, 0.5) is 4.39 Å². The van der Waals surface area contributed by atoms with Gasteiger partial charge in [-0.05, 0) is 19.4 Å². The lowest BCUT2D eigenvalue weighted by molar-refractivity contribution is 0.323. The van der Waals surface area contributed by atoms with Crippen LogP contribution in [0.15, 0.2) is 30.9 Å². The Kier molecular flexibility index (Phi) is 4.31. The van der Waals surface area contributed by atoms with Crippen LogP contribution in [-0.2, 0) is 0 Å². The van der Waals surface area contributed by atoms with E-state index in [1.807, 2.05) is 0 Å². The van der Waals surface area contributed by atoms with Gasteiger partial charge in [-0.1, -0.05) is 12.1 Å². The van der Waals surface area contributed by atoms with E-state index in [4.69, 9.17) is 10.5 Å². The molecule has 0 aliphatic rings. The van der Waals surface area contributed by atoms with Gasteiger partial charge in [-0.2, -0.15) is 0 Å². The van der Waals surface area contributed by atoms with Gasteiger partial charge in [0.15, 0.2) is 0 Å². The van der Waals surface area contributed by atoms with Crippen molar-refractivity contribution in [1.29, 1.82) is 0 Å². The van der Waals surface area contributed by atoms with E-state index in [9.17, 15) is 4.39 Å². The Morgan fingerprint density at radius 2 is 2.33 bits per heavy atom. The van der Waals surface area contributed by atoms with Crippen LogP contribution in [0, 0.1) is 5.82 Å². The number of ether oxygens (including phenoxy) is 1. The van der Waals surface area contributed by atoms with Crippen LogP contribution in [0.1, 0.15) is 24.9 Å². The number of nitrogens with two attached hydrogens (primary N) is 1. The molecule has 0 saturated carbocycles. The Labute approximate surface area is 89.6 Å². The van der Waals surface area contributed by atoms with Crippen LogP contribution in [0.3, 0.4) is 0 Å². The van der Waals surface area contributed by atoms with Crippen LogP contribution in [-0.4, -0.2) is 6.61 Å². The van der Waals surface area contributed by atoms with Gasteiger partial charge in [-0.3, -0.25) is 0 Å². The first-order valence-corrected chi connectivity index (χ1v) is 4.94. The largest absolute Gasteiger partial charge is 0.493 e. The molecule has 1 atom stereocenters. The first kappa shape index (κ1) is 11.7. The molecule has 2 N–H and O–H groups in total. The Hall–Kier alpha value is -1.35. The van der Waals surface area contributed by atoms with Crippen LogP contribution in [0.5, 0.6) is 5.75 Å². The molecule has 0 heterocycles. The van der Waals surface area contributed by atoms with Crippen LogP contribution < -0.4 is 10.5 Å². The van der Waals surface area contributed by atoms with Gasteiger partial charge < -0.3 is 10.5 Å². The third-order valence-electron chi connectivity index (χ3n) is 2.05. The molecule has 2 nitrogen and oxygen atoms in total. The molecule has 0 unspecified atom stereocenters. The van der Waals surface area contributed by atoms with Crippen LogP contribution in [0.25, 0.3) is 0 Å². The zero-order valence-corrected chi connectivity index (χ0v) is 8.87. The molecule has 1 aromatic carbocycles. The predicted molar refractivity (Wildman–Crippen MR) is 59.3 cm³/mol. The topological polar surface area (TPSA) is 35.2 Å². The van der Waals surface area contributed by atoms with Crippen molar-refractivity contribution in [3.63, 3.8) is 0 Å². The maximum Gasteiger partial charge on any atom is 0.131 e. The molecule has 1 aromatic rings. The highest BCUT2D eigenvalue weighted by molar-refractivity contribution is 5.30. The molecule has 1 rings (SSSR count). The third-order valence-corrected chi connectivity index (χ3v) is 2.05. The first-order chi connectivity index (χ1) is 7.15. The number of halogens is 1. The van der Waals surface area contributed by atoms with Crippen molar-refractivity contribution < 1.29 is 9.13 Å². The summed E-state index contributed by atoms with van der Waals surface area (Å²) >= 11 is 0. The van der Waals surface area contributed by atoms with Gasteiger partial charge in [0.2, 0.25) is 0 Å². The average Bonchev–Trinajstić information content (AvgIpc) is 2.17. The van der Waals surface area contributed by atoms with Gasteiger partial charge in [0.1, 0.15) is 11.6 Å². The van der Waals surface area contributed by atoms with Gasteiger partial charge in [0.05, 0.1) is 6.61 Å². The van der Waals surface area contributed by atoms with E-state index in [1.54, 1.807) is 25.1 Å². The van der Waals surface area contributed by atoms with E-state index in [0.29, 0.717) is 17.9 Å². The zero-order valence-electron chi connectivity index (χ0n) is 8.87. The molecule has 0 aliphatic carbocycles. The second kappa shape index (κ2) is 5.51. The molecule has 15 heavy (non-hydrogen) atoms. The summed E-state index contributed by atoms with van der Waals surface area (Å²) in [6, 6.07) is 4.45. The Balaban J connectivity index is 2.69. The third kappa shape index (κ3) is 3.36. The predicted octanol–water partition coefficient (Wildman–Crippen LogP) is 2.80. The van der Waals surface area contributed by atoms with E-state index in [2.05, 4.69) is 6.58 Å². The summed E-state index contributed by atoms with van der Waals surface area (Å²) in [7, 11) is 0. The average molecular weight is 209 g/mol. The second-order valence-electron chi connectivity index (χ2n) is 3.40. The fourth-order valence-electron chi connectivity index (χ4n) is 1.23. The Morgan fingerprint density at radius 3 is 2.87 bits per heavy atom. The molecule has 3 heteroatoms. The van der Waals surface area contributed by atoms with Gasteiger partial charge in [-0.15, -0.1) is 6.58 Å². The zero-order chi connectivity index (χ0) is 11.3. The molecule has 0 spiro atoms. The van der Waals surface area contributed by atoms with E-state index >= 15 is 0 Å². The summed E-state index contributed by atoms with van der Waals surface area (Å²) in [5.41, 5.74) is 6.10. The molecular weight excluding hydrogens is 193 g/mol. The molecule has 0 bridgehead atoms. The number of hydrogen-bond acceptors (Lipinski definition) is 2. The first-order valence-electron chi connectivity index (χ1n) is 4.94. The monoisotopic (exact) mass is 209 g/mol. The van der Waals surface area contributed by atoms with Gasteiger partial charge in [0, 0.05) is 17.7 Å². The Morgan fingerprint density at radius 1 is 1.60 bits per heavy atom. The van der Waals surface area contributed by atoms with Gasteiger partial charge in [-0.25, -0.2) is 4.39 Å². The molecule has 0 radical (unpaired) electrons.